The molecule has 1 rings (SSSR count). The van der Waals surface area contributed by atoms with Gasteiger partial charge in [-0.15, -0.1) is 0 Å². The number of aromatic nitrogens is 1. The minimum atomic E-state index is -0.162. The van der Waals surface area contributed by atoms with Gasteiger partial charge in [0.15, 0.2) is 5.82 Å². The van der Waals surface area contributed by atoms with E-state index in [9.17, 15) is 4.79 Å². The number of alkyl halides is 1. The van der Waals surface area contributed by atoms with Crippen LogP contribution in [0.25, 0.3) is 0 Å². The molecule has 0 aliphatic heterocycles. The lowest BCUT2D eigenvalue weighted by atomic mass is 10.2. The fourth-order valence-electron chi connectivity index (χ4n) is 1.01. The molecule has 5 heteroatoms. The zero-order chi connectivity index (χ0) is 10.6. The van der Waals surface area contributed by atoms with Crippen molar-refractivity contribution in [2.24, 2.45) is 0 Å². The van der Waals surface area contributed by atoms with E-state index >= 15 is 0 Å². The van der Waals surface area contributed by atoms with E-state index in [0.717, 1.165) is 12.8 Å². The van der Waals surface area contributed by atoms with Gasteiger partial charge in [-0.25, -0.2) is 0 Å². The number of aryl methyl sites for hydroxylation is 1. The zero-order valence-corrected chi connectivity index (χ0v) is 9.80. The molecule has 1 aromatic heterocycles. The van der Waals surface area contributed by atoms with Gasteiger partial charge in [0.25, 0.3) is 0 Å². The first-order chi connectivity index (χ1) is 6.63. The Labute approximate surface area is 91.2 Å². The third-order valence-electron chi connectivity index (χ3n) is 1.71. The van der Waals surface area contributed by atoms with E-state index in [1.807, 2.05) is 6.92 Å². The van der Waals surface area contributed by atoms with E-state index in [0.29, 0.717) is 11.6 Å². The van der Waals surface area contributed by atoms with Crippen LogP contribution in [0.5, 0.6) is 0 Å². The maximum Gasteiger partial charge on any atom is 0.239 e. The lowest BCUT2D eigenvalue weighted by molar-refractivity contribution is -0.115. The summed E-state index contributed by atoms with van der Waals surface area (Å²) >= 11 is 3.30. The molecule has 0 unspecified atom stereocenters. The summed E-state index contributed by atoms with van der Waals surface area (Å²) in [6, 6.07) is 1.68. The Bertz CT molecular complexity index is 312. The number of nitrogens with one attached hydrogen (secondary N) is 1. The predicted molar refractivity (Wildman–Crippen MR) is 57.5 cm³/mol. The van der Waals surface area contributed by atoms with Crippen LogP contribution in [0.1, 0.15) is 25.5 Å². The second-order valence-corrected chi connectivity index (χ2v) is 4.17. The van der Waals surface area contributed by atoms with Crippen molar-refractivity contribution in [3.63, 3.8) is 0 Å². The third-order valence-corrected chi connectivity index (χ3v) is 2.58. The molecule has 14 heavy (non-hydrogen) atoms. The summed E-state index contributed by atoms with van der Waals surface area (Å²) in [4.78, 5) is 11.3. The molecule has 0 saturated heterocycles. The van der Waals surface area contributed by atoms with Crippen LogP contribution < -0.4 is 5.32 Å². The normalized spacial score (nSPS) is 12.5. The van der Waals surface area contributed by atoms with Crippen LogP contribution in [0.3, 0.4) is 0 Å². The molecule has 1 N–H and O–H groups in total. The lowest BCUT2D eigenvalue weighted by Crippen LogP contribution is -2.22. The highest BCUT2D eigenvalue weighted by atomic mass is 79.9. The van der Waals surface area contributed by atoms with Crippen LogP contribution in [0, 0.1) is 6.92 Å². The Morgan fingerprint density at radius 1 is 1.79 bits per heavy atom. The van der Waals surface area contributed by atoms with E-state index in [1.165, 1.54) is 0 Å². The van der Waals surface area contributed by atoms with Crippen molar-refractivity contribution < 1.29 is 9.32 Å². The van der Waals surface area contributed by atoms with Crippen LogP contribution in [0.4, 0.5) is 5.82 Å². The SMILES string of the molecule is CCC[C@H](Br)C(=O)Nc1cc(C)on1. The summed E-state index contributed by atoms with van der Waals surface area (Å²) < 4.78 is 4.83. The van der Waals surface area contributed by atoms with Crippen molar-refractivity contribution in [2.75, 3.05) is 5.32 Å². The average Bonchev–Trinajstić information content (AvgIpc) is 2.51. The van der Waals surface area contributed by atoms with E-state index in [-0.39, 0.29) is 10.7 Å². The topological polar surface area (TPSA) is 55.1 Å². The number of nitrogens with zero attached hydrogens (tertiary/aromatic N) is 1. The third kappa shape index (κ3) is 3.14. The van der Waals surface area contributed by atoms with Crippen LogP contribution >= 0.6 is 15.9 Å². The first-order valence-electron chi connectivity index (χ1n) is 4.51. The van der Waals surface area contributed by atoms with Gasteiger partial charge in [0.05, 0.1) is 4.83 Å². The van der Waals surface area contributed by atoms with Gasteiger partial charge in [-0.3, -0.25) is 4.79 Å². The number of halogens is 1. The zero-order valence-electron chi connectivity index (χ0n) is 8.21. The Hall–Kier alpha value is -0.840. The largest absolute Gasteiger partial charge is 0.360 e. The van der Waals surface area contributed by atoms with Gasteiger partial charge in [-0.1, -0.05) is 34.4 Å². The number of amides is 1. The fraction of sp³-hybridized carbons (Fsp3) is 0.556. The first kappa shape index (κ1) is 11.2. The summed E-state index contributed by atoms with van der Waals surface area (Å²) in [6.45, 7) is 3.81. The van der Waals surface area contributed by atoms with Crippen LogP contribution in [0.15, 0.2) is 10.6 Å². The molecule has 0 fully saturated rings. The van der Waals surface area contributed by atoms with E-state index in [4.69, 9.17) is 4.52 Å². The van der Waals surface area contributed by atoms with Crippen LogP contribution in [-0.4, -0.2) is 15.9 Å². The maximum absolute atomic E-state index is 11.5. The van der Waals surface area contributed by atoms with Gasteiger partial charge in [0, 0.05) is 6.07 Å². The number of anilines is 1. The molecule has 0 aliphatic rings. The van der Waals surface area contributed by atoms with E-state index in [1.54, 1.807) is 13.0 Å². The van der Waals surface area contributed by atoms with Gasteiger partial charge < -0.3 is 9.84 Å². The second kappa shape index (κ2) is 5.14. The Morgan fingerprint density at radius 3 is 3.00 bits per heavy atom. The van der Waals surface area contributed by atoms with Crippen molar-refractivity contribution >= 4 is 27.7 Å². The minimum absolute atomic E-state index is 0.0832. The highest BCUT2D eigenvalue weighted by Gasteiger charge is 2.14. The molecular weight excluding hydrogens is 248 g/mol. The molecule has 0 radical (unpaired) electrons. The number of hydrogen-bond donors (Lipinski definition) is 1. The lowest BCUT2D eigenvalue weighted by Gasteiger charge is -2.06. The van der Waals surface area contributed by atoms with Crippen molar-refractivity contribution in [3.05, 3.63) is 11.8 Å². The monoisotopic (exact) mass is 260 g/mol. The van der Waals surface area contributed by atoms with Crippen molar-refractivity contribution in [1.29, 1.82) is 0 Å². The van der Waals surface area contributed by atoms with E-state index < -0.39 is 0 Å². The Kier molecular flexibility index (Phi) is 4.13. The van der Waals surface area contributed by atoms with Crippen LogP contribution in [-0.2, 0) is 4.79 Å². The van der Waals surface area contributed by atoms with Gasteiger partial charge in [-0.2, -0.15) is 0 Å². The quantitative estimate of drug-likeness (QED) is 0.847. The van der Waals surface area contributed by atoms with Crippen molar-refractivity contribution in [2.45, 2.75) is 31.5 Å². The Balaban J connectivity index is 2.48. The molecule has 1 aromatic rings. The number of carbonyl (C=O) groups is 1. The first-order valence-corrected chi connectivity index (χ1v) is 5.43. The number of hydrogen-bond acceptors (Lipinski definition) is 3. The molecule has 0 aromatic carbocycles. The van der Waals surface area contributed by atoms with Gasteiger partial charge in [0.2, 0.25) is 5.91 Å². The van der Waals surface area contributed by atoms with Crippen molar-refractivity contribution in [1.82, 2.24) is 5.16 Å². The molecular formula is C9H13BrN2O2. The van der Waals surface area contributed by atoms with Crippen molar-refractivity contribution in [3.8, 4) is 0 Å². The molecule has 1 atom stereocenters. The summed E-state index contributed by atoms with van der Waals surface area (Å²) in [7, 11) is 0. The van der Waals surface area contributed by atoms with Crippen LogP contribution in [0.2, 0.25) is 0 Å². The van der Waals surface area contributed by atoms with Gasteiger partial charge >= 0.3 is 0 Å². The molecule has 0 spiro atoms. The van der Waals surface area contributed by atoms with Gasteiger partial charge in [-0.05, 0) is 13.3 Å². The maximum atomic E-state index is 11.5. The standard InChI is InChI=1S/C9H13BrN2O2/c1-3-4-7(10)9(13)11-8-5-6(2)14-12-8/h5,7H,3-4H2,1-2H3,(H,11,12,13)/t7-/m0/s1. The van der Waals surface area contributed by atoms with Gasteiger partial charge in [0.1, 0.15) is 5.76 Å². The number of carbonyl (C=O) groups excluding carboxylic acids is 1. The number of rotatable bonds is 4. The predicted octanol–water partition coefficient (Wildman–Crippen LogP) is 2.49. The molecule has 78 valence electrons. The fourth-order valence-corrected chi connectivity index (χ4v) is 1.59. The second-order valence-electron chi connectivity index (χ2n) is 3.07. The summed E-state index contributed by atoms with van der Waals surface area (Å²) in [5.74, 6) is 1.06. The highest BCUT2D eigenvalue weighted by molar-refractivity contribution is 9.10. The summed E-state index contributed by atoms with van der Waals surface area (Å²) in [5.41, 5.74) is 0. The minimum Gasteiger partial charge on any atom is -0.360 e. The average molecular weight is 261 g/mol. The summed E-state index contributed by atoms with van der Waals surface area (Å²) in [5, 5.41) is 6.33. The Morgan fingerprint density at radius 2 is 2.50 bits per heavy atom. The van der Waals surface area contributed by atoms with E-state index in [2.05, 4.69) is 26.4 Å². The molecule has 1 heterocycles. The summed E-state index contributed by atoms with van der Waals surface area (Å²) in [6.07, 6.45) is 1.77. The molecule has 4 nitrogen and oxygen atoms in total. The smallest absolute Gasteiger partial charge is 0.239 e. The molecule has 1 amide bonds. The molecule has 0 aliphatic carbocycles. The molecule has 0 saturated carbocycles. The molecule has 0 bridgehead atoms. The highest BCUT2D eigenvalue weighted by Crippen LogP contribution is 2.12.